The van der Waals surface area contributed by atoms with Crippen LogP contribution in [0.1, 0.15) is 35.1 Å². The number of hydrogen-bond donors (Lipinski definition) is 2. The highest BCUT2D eigenvalue weighted by molar-refractivity contribution is 5.91. The number of hydrogen-bond acceptors (Lipinski definition) is 1. The lowest BCUT2D eigenvalue weighted by atomic mass is 9.92. The highest BCUT2D eigenvalue weighted by Crippen LogP contribution is 2.48. The summed E-state index contributed by atoms with van der Waals surface area (Å²) in [4.78, 5) is 16.1. The van der Waals surface area contributed by atoms with E-state index in [0.717, 1.165) is 24.8 Å². The molecular weight excluding hydrogens is 308 g/mol. The van der Waals surface area contributed by atoms with Crippen LogP contribution in [0.3, 0.4) is 0 Å². The molecule has 1 aliphatic rings. The summed E-state index contributed by atoms with van der Waals surface area (Å²) < 4.78 is 0. The van der Waals surface area contributed by atoms with Gasteiger partial charge in [0.25, 0.3) is 0 Å². The van der Waals surface area contributed by atoms with Crippen molar-refractivity contribution in [1.82, 2.24) is 10.3 Å². The van der Waals surface area contributed by atoms with Crippen LogP contribution in [0, 0.1) is 13.8 Å². The standard InChI is InChI=1S/C22H24N2O/c1-15-11-16(2)13-18(12-15)22(8-9-22)21(25)23-10-7-17-14-24-20-6-4-3-5-19(17)20/h3-6,11-14,24H,7-10H2,1-2H3,(H,23,25). The van der Waals surface area contributed by atoms with Gasteiger partial charge in [-0.3, -0.25) is 4.79 Å². The molecule has 3 heteroatoms. The van der Waals surface area contributed by atoms with E-state index in [1.807, 2.05) is 12.3 Å². The molecular formula is C22H24N2O. The molecule has 3 nitrogen and oxygen atoms in total. The molecule has 0 radical (unpaired) electrons. The van der Waals surface area contributed by atoms with E-state index in [1.165, 1.54) is 27.6 Å². The van der Waals surface area contributed by atoms with Gasteiger partial charge in [-0.05, 0) is 50.3 Å². The Labute approximate surface area is 148 Å². The lowest BCUT2D eigenvalue weighted by molar-refractivity contribution is -0.123. The van der Waals surface area contributed by atoms with Crippen LogP contribution in [0.2, 0.25) is 0 Å². The summed E-state index contributed by atoms with van der Waals surface area (Å²) in [5, 5.41) is 4.42. The molecule has 3 aromatic rings. The van der Waals surface area contributed by atoms with Crippen molar-refractivity contribution in [2.45, 2.75) is 38.5 Å². The zero-order valence-corrected chi connectivity index (χ0v) is 14.9. The van der Waals surface area contributed by atoms with Crippen molar-refractivity contribution in [3.05, 3.63) is 70.9 Å². The van der Waals surface area contributed by atoms with Gasteiger partial charge in [-0.1, -0.05) is 47.5 Å². The number of carbonyl (C=O) groups is 1. The first kappa shape index (κ1) is 15.9. The molecule has 1 heterocycles. The van der Waals surface area contributed by atoms with E-state index in [1.54, 1.807) is 0 Å². The number of amides is 1. The minimum Gasteiger partial charge on any atom is -0.361 e. The summed E-state index contributed by atoms with van der Waals surface area (Å²) in [7, 11) is 0. The van der Waals surface area contributed by atoms with Gasteiger partial charge in [0, 0.05) is 23.6 Å². The average Bonchev–Trinajstić information content (AvgIpc) is 3.31. The van der Waals surface area contributed by atoms with E-state index in [4.69, 9.17) is 0 Å². The predicted octanol–water partition coefficient (Wildman–Crippen LogP) is 4.18. The Morgan fingerprint density at radius 1 is 1.12 bits per heavy atom. The number of benzene rings is 2. The maximum absolute atomic E-state index is 12.8. The van der Waals surface area contributed by atoms with E-state index in [9.17, 15) is 4.79 Å². The molecule has 0 unspecified atom stereocenters. The molecule has 0 bridgehead atoms. The molecule has 25 heavy (non-hydrogen) atoms. The predicted molar refractivity (Wildman–Crippen MR) is 102 cm³/mol. The molecule has 4 rings (SSSR count). The summed E-state index contributed by atoms with van der Waals surface area (Å²) >= 11 is 0. The molecule has 0 spiro atoms. The number of rotatable bonds is 5. The molecule has 1 aliphatic carbocycles. The number of fused-ring (bicyclic) bond motifs is 1. The highest BCUT2D eigenvalue weighted by Gasteiger charge is 2.51. The Kier molecular flexibility index (Phi) is 3.87. The van der Waals surface area contributed by atoms with Gasteiger partial charge in [0.15, 0.2) is 0 Å². The van der Waals surface area contributed by atoms with Gasteiger partial charge in [0.2, 0.25) is 5.91 Å². The van der Waals surface area contributed by atoms with E-state index < -0.39 is 0 Å². The number of para-hydroxylation sites is 1. The molecule has 128 valence electrons. The zero-order valence-electron chi connectivity index (χ0n) is 14.9. The molecule has 1 amide bonds. The highest BCUT2D eigenvalue weighted by atomic mass is 16.2. The number of aromatic amines is 1. The summed E-state index contributed by atoms with van der Waals surface area (Å²) in [6.07, 6.45) is 4.80. The molecule has 0 saturated heterocycles. The molecule has 0 atom stereocenters. The normalized spacial score (nSPS) is 15.3. The van der Waals surface area contributed by atoms with Crippen molar-refractivity contribution in [1.29, 1.82) is 0 Å². The fraction of sp³-hybridized carbons (Fsp3) is 0.318. The average molecular weight is 332 g/mol. The van der Waals surface area contributed by atoms with Crippen LogP contribution in [0.4, 0.5) is 0 Å². The van der Waals surface area contributed by atoms with Crippen LogP contribution >= 0.6 is 0 Å². The van der Waals surface area contributed by atoms with Gasteiger partial charge in [-0.15, -0.1) is 0 Å². The monoisotopic (exact) mass is 332 g/mol. The Morgan fingerprint density at radius 3 is 2.56 bits per heavy atom. The van der Waals surface area contributed by atoms with Crippen molar-refractivity contribution in [3.63, 3.8) is 0 Å². The third kappa shape index (κ3) is 2.95. The largest absolute Gasteiger partial charge is 0.361 e. The number of H-pyrrole nitrogens is 1. The fourth-order valence-corrected chi connectivity index (χ4v) is 3.84. The summed E-state index contributed by atoms with van der Waals surface area (Å²) in [6, 6.07) is 14.8. The minimum absolute atomic E-state index is 0.178. The fourth-order valence-electron chi connectivity index (χ4n) is 3.84. The third-order valence-electron chi connectivity index (χ3n) is 5.31. The van der Waals surface area contributed by atoms with Crippen LogP contribution in [0.15, 0.2) is 48.7 Å². The maximum atomic E-state index is 12.8. The van der Waals surface area contributed by atoms with Gasteiger partial charge in [-0.25, -0.2) is 0 Å². The minimum atomic E-state index is -0.295. The van der Waals surface area contributed by atoms with Crippen LogP contribution in [0.25, 0.3) is 10.9 Å². The van der Waals surface area contributed by atoms with Crippen LogP contribution in [0.5, 0.6) is 0 Å². The molecule has 0 aliphatic heterocycles. The lowest BCUT2D eigenvalue weighted by Gasteiger charge is -2.17. The quantitative estimate of drug-likeness (QED) is 0.723. The topological polar surface area (TPSA) is 44.9 Å². The SMILES string of the molecule is Cc1cc(C)cc(C2(C(=O)NCCc3c[nH]c4ccccc34)CC2)c1. The summed E-state index contributed by atoms with van der Waals surface area (Å²) in [5.41, 5.74) is 5.75. The molecule has 1 saturated carbocycles. The lowest BCUT2D eigenvalue weighted by Crippen LogP contribution is -2.36. The number of nitrogens with one attached hydrogen (secondary N) is 2. The number of aromatic nitrogens is 1. The Morgan fingerprint density at radius 2 is 1.84 bits per heavy atom. The van der Waals surface area contributed by atoms with Crippen LogP contribution in [-0.4, -0.2) is 17.4 Å². The smallest absolute Gasteiger partial charge is 0.230 e. The first-order valence-electron chi connectivity index (χ1n) is 9.01. The van der Waals surface area contributed by atoms with Crippen molar-refractivity contribution in [2.75, 3.05) is 6.54 Å². The molecule has 2 aromatic carbocycles. The Hall–Kier alpha value is -2.55. The molecule has 1 aromatic heterocycles. The van der Waals surface area contributed by atoms with E-state index in [-0.39, 0.29) is 11.3 Å². The molecule has 2 N–H and O–H groups in total. The van der Waals surface area contributed by atoms with Crippen molar-refractivity contribution < 1.29 is 4.79 Å². The van der Waals surface area contributed by atoms with Gasteiger partial charge < -0.3 is 10.3 Å². The first-order valence-corrected chi connectivity index (χ1v) is 9.01. The zero-order chi connectivity index (χ0) is 17.4. The van der Waals surface area contributed by atoms with Gasteiger partial charge in [-0.2, -0.15) is 0 Å². The third-order valence-corrected chi connectivity index (χ3v) is 5.31. The van der Waals surface area contributed by atoms with Gasteiger partial charge in [0.1, 0.15) is 0 Å². The van der Waals surface area contributed by atoms with Crippen molar-refractivity contribution in [3.8, 4) is 0 Å². The second-order valence-electron chi connectivity index (χ2n) is 7.32. The van der Waals surface area contributed by atoms with Crippen LogP contribution in [-0.2, 0) is 16.6 Å². The number of carbonyl (C=O) groups excluding carboxylic acids is 1. The van der Waals surface area contributed by atoms with Gasteiger partial charge >= 0.3 is 0 Å². The van der Waals surface area contributed by atoms with E-state index >= 15 is 0 Å². The van der Waals surface area contributed by atoms with Crippen molar-refractivity contribution in [2.24, 2.45) is 0 Å². The van der Waals surface area contributed by atoms with Crippen molar-refractivity contribution >= 4 is 16.8 Å². The van der Waals surface area contributed by atoms with E-state index in [0.29, 0.717) is 6.54 Å². The Bertz CT molecular complexity index is 914. The maximum Gasteiger partial charge on any atom is 0.230 e. The second kappa shape index (κ2) is 6.07. The van der Waals surface area contributed by atoms with Gasteiger partial charge in [0.05, 0.1) is 5.41 Å². The first-order chi connectivity index (χ1) is 12.1. The summed E-state index contributed by atoms with van der Waals surface area (Å²) in [6.45, 7) is 4.87. The van der Waals surface area contributed by atoms with Crippen LogP contribution < -0.4 is 5.32 Å². The second-order valence-corrected chi connectivity index (χ2v) is 7.32. The summed E-state index contributed by atoms with van der Waals surface area (Å²) in [5.74, 6) is 0.178. The van der Waals surface area contributed by atoms with E-state index in [2.05, 4.69) is 60.5 Å². The molecule has 1 fully saturated rings. The number of aryl methyl sites for hydroxylation is 2. The Balaban J connectivity index is 1.44.